The van der Waals surface area contributed by atoms with Crippen molar-refractivity contribution in [2.45, 2.75) is 19.3 Å². The lowest BCUT2D eigenvalue weighted by molar-refractivity contribution is 0.0939. The van der Waals surface area contributed by atoms with Gasteiger partial charge in [-0.2, -0.15) is 0 Å². The third-order valence-electron chi connectivity index (χ3n) is 3.51. The Balaban J connectivity index is 1.91. The van der Waals surface area contributed by atoms with Crippen LogP contribution < -0.4 is 5.32 Å². The Labute approximate surface area is 120 Å². The van der Waals surface area contributed by atoms with E-state index in [1.807, 2.05) is 6.07 Å². The molecular formula is C13H16BrClN2O. The predicted molar refractivity (Wildman–Crippen MR) is 75.8 cm³/mol. The van der Waals surface area contributed by atoms with Crippen LogP contribution >= 0.6 is 27.5 Å². The van der Waals surface area contributed by atoms with Gasteiger partial charge in [0.2, 0.25) is 0 Å². The molecule has 0 bridgehead atoms. The molecule has 1 aliphatic carbocycles. The monoisotopic (exact) mass is 330 g/mol. The number of amides is 1. The van der Waals surface area contributed by atoms with Gasteiger partial charge in [0.05, 0.1) is 0 Å². The SMILES string of the molecule is O=C(NCC1CCCC1CCl)c1ncccc1Br. The van der Waals surface area contributed by atoms with Crippen molar-refractivity contribution in [2.75, 3.05) is 12.4 Å². The van der Waals surface area contributed by atoms with Gasteiger partial charge >= 0.3 is 0 Å². The first-order chi connectivity index (χ1) is 8.72. The number of rotatable bonds is 4. The zero-order valence-electron chi connectivity index (χ0n) is 10.0. The van der Waals surface area contributed by atoms with E-state index in [9.17, 15) is 4.79 Å². The fraction of sp³-hybridized carbons (Fsp3) is 0.538. The molecule has 3 nitrogen and oxygen atoms in total. The fourth-order valence-electron chi connectivity index (χ4n) is 2.45. The molecule has 5 heteroatoms. The molecule has 1 aromatic heterocycles. The molecule has 1 saturated carbocycles. The second-order valence-corrected chi connectivity index (χ2v) is 5.81. The first-order valence-corrected chi connectivity index (χ1v) is 7.49. The highest BCUT2D eigenvalue weighted by molar-refractivity contribution is 9.10. The lowest BCUT2D eigenvalue weighted by Crippen LogP contribution is -2.31. The standard InChI is InChI=1S/C13H16BrClN2O/c14-11-5-2-6-16-12(11)13(18)17-8-10-4-1-3-9(10)7-15/h2,5-6,9-10H,1,3-4,7-8H2,(H,17,18). The molecule has 18 heavy (non-hydrogen) atoms. The normalized spacial score (nSPS) is 23.0. The molecule has 1 N–H and O–H groups in total. The number of nitrogens with one attached hydrogen (secondary N) is 1. The van der Waals surface area contributed by atoms with Gasteiger partial charge in [-0.3, -0.25) is 4.79 Å². The van der Waals surface area contributed by atoms with E-state index in [1.165, 1.54) is 12.8 Å². The molecule has 1 aliphatic rings. The second-order valence-electron chi connectivity index (χ2n) is 4.65. The Morgan fingerprint density at radius 3 is 3.00 bits per heavy atom. The summed E-state index contributed by atoms with van der Waals surface area (Å²) in [6, 6.07) is 3.61. The van der Waals surface area contributed by atoms with Crippen LogP contribution in [0.3, 0.4) is 0 Å². The lowest BCUT2D eigenvalue weighted by atomic mass is 9.98. The molecular weight excluding hydrogens is 316 g/mol. The van der Waals surface area contributed by atoms with Crippen LogP contribution in [0.1, 0.15) is 29.8 Å². The molecule has 98 valence electrons. The minimum Gasteiger partial charge on any atom is -0.350 e. The van der Waals surface area contributed by atoms with Crippen molar-refractivity contribution in [3.63, 3.8) is 0 Å². The Bertz CT molecular complexity index is 427. The highest BCUT2D eigenvalue weighted by atomic mass is 79.9. The average Bonchev–Trinajstić information content (AvgIpc) is 2.84. The number of carbonyl (C=O) groups excluding carboxylic acids is 1. The summed E-state index contributed by atoms with van der Waals surface area (Å²) < 4.78 is 0.725. The first-order valence-electron chi connectivity index (χ1n) is 6.17. The fourth-order valence-corrected chi connectivity index (χ4v) is 3.29. The number of halogens is 2. The van der Waals surface area contributed by atoms with Gasteiger partial charge in [0, 0.05) is 23.1 Å². The summed E-state index contributed by atoms with van der Waals surface area (Å²) in [5.74, 6) is 1.61. The van der Waals surface area contributed by atoms with E-state index < -0.39 is 0 Å². The third kappa shape index (κ3) is 3.23. The van der Waals surface area contributed by atoms with Crippen LogP contribution in [0.4, 0.5) is 0 Å². The second kappa shape index (κ2) is 6.53. The van der Waals surface area contributed by atoms with Gasteiger partial charge in [-0.05, 0) is 52.7 Å². The smallest absolute Gasteiger partial charge is 0.271 e. The van der Waals surface area contributed by atoms with Gasteiger partial charge < -0.3 is 5.32 Å². The zero-order valence-corrected chi connectivity index (χ0v) is 12.4. The third-order valence-corrected chi connectivity index (χ3v) is 4.55. The molecule has 0 aromatic carbocycles. The van der Waals surface area contributed by atoms with E-state index in [0.29, 0.717) is 30.0 Å². The molecule has 1 amide bonds. The number of hydrogen-bond acceptors (Lipinski definition) is 2. The summed E-state index contributed by atoms with van der Waals surface area (Å²) in [6.45, 7) is 0.694. The summed E-state index contributed by atoms with van der Waals surface area (Å²) in [4.78, 5) is 16.1. The Kier molecular flexibility index (Phi) is 5.01. The summed E-state index contributed by atoms with van der Waals surface area (Å²) in [5, 5.41) is 2.96. The van der Waals surface area contributed by atoms with Crippen molar-refractivity contribution in [2.24, 2.45) is 11.8 Å². The summed E-state index contributed by atoms with van der Waals surface area (Å²) in [6.07, 6.45) is 5.17. The average molecular weight is 332 g/mol. The van der Waals surface area contributed by atoms with Crippen LogP contribution in [-0.4, -0.2) is 23.3 Å². The molecule has 0 spiro atoms. The molecule has 0 aliphatic heterocycles. The molecule has 1 aromatic rings. The number of aromatic nitrogens is 1. The van der Waals surface area contributed by atoms with Crippen LogP contribution in [0.2, 0.25) is 0 Å². The number of carbonyl (C=O) groups is 1. The van der Waals surface area contributed by atoms with Crippen LogP contribution in [0.25, 0.3) is 0 Å². The highest BCUT2D eigenvalue weighted by Gasteiger charge is 2.27. The first kappa shape index (κ1) is 13.8. The number of nitrogens with zero attached hydrogens (tertiary/aromatic N) is 1. The summed E-state index contributed by atoms with van der Waals surface area (Å²) >= 11 is 9.26. The molecule has 0 saturated heterocycles. The van der Waals surface area contributed by atoms with Crippen LogP contribution in [0.15, 0.2) is 22.8 Å². The maximum atomic E-state index is 12.0. The van der Waals surface area contributed by atoms with E-state index in [-0.39, 0.29) is 5.91 Å². The van der Waals surface area contributed by atoms with Crippen molar-refractivity contribution in [1.29, 1.82) is 0 Å². The molecule has 2 rings (SSSR count). The van der Waals surface area contributed by atoms with Gasteiger partial charge in [0.25, 0.3) is 5.91 Å². The van der Waals surface area contributed by atoms with E-state index in [1.54, 1.807) is 12.3 Å². The Morgan fingerprint density at radius 1 is 1.50 bits per heavy atom. The molecule has 1 fully saturated rings. The number of pyridine rings is 1. The van der Waals surface area contributed by atoms with Crippen LogP contribution in [-0.2, 0) is 0 Å². The van der Waals surface area contributed by atoms with E-state index in [2.05, 4.69) is 26.2 Å². The van der Waals surface area contributed by atoms with E-state index in [0.717, 1.165) is 10.9 Å². The van der Waals surface area contributed by atoms with Gasteiger partial charge in [-0.1, -0.05) is 6.42 Å². The molecule has 2 atom stereocenters. The highest BCUT2D eigenvalue weighted by Crippen LogP contribution is 2.32. The topological polar surface area (TPSA) is 42.0 Å². The zero-order chi connectivity index (χ0) is 13.0. The van der Waals surface area contributed by atoms with E-state index in [4.69, 9.17) is 11.6 Å². The summed E-state index contributed by atoms with van der Waals surface area (Å²) in [7, 11) is 0. The van der Waals surface area contributed by atoms with Gasteiger partial charge in [0.1, 0.15) is 5.69 Å². The van der Waals surface area contributed by atoms with Crippen LogP contribution in [0.5, 0.6) is 0 Å². The number of hydrogen-bond donors (Lipinski definition) is 1. The van der Waals surface area contributed by atoms with Crippen molar-refractivity contribution in [3.8, 4) is 0 Å². The minimum absolute atomic E-state index is 0.123. The maximum Gasteiger partial charge on any atom is 0.271 e. The number of alkyl halides is 1. The Hall–Kier alpha value is -0.610. The van der Waals surface area contributed by atoms with E-state index >= 15 is 0 Å². The van der Waals surface area contributed by atoms with Gasteiger partial charge in [0.15, 0.2) is 0 Å². The molecule has 2 unspecified atom stereocenters. The van der Waals surface area contributed by atoms with Crippen molar-refractivity contribution >= 4 is 33.4 Å². The van der Waals surface area contributed by atoms with Gasteiger partial charge in [-0.15, -0.1) is 11.6 Å². The van der Waals surface area contributed by atoms with Crippen LogP contribution in [0, 0.1) is 11.8 Å². The maximum absolute atomic E-state index is 12.0. The summed E-state index contributed by atoms with van der Waals surface area (Å²) in [5.41, 5.74) is 0.443. The minimum atomic E-state index is -0.123. The van der Waals surface area contributed by atoms with Crippen molar-refractivity contribution in [3.05, 3.63) is 28.5 Å². The largest absolute Gasteiger partial charge is 0.350 e. The predicted octanol–water partition coefficient (Wildman–Crippen LogP) is 3.23. The Morgan fingerprint density at radius 2 is 2.28 bits per heavy atom. The van der Waals surface area contributed by atoms with Crippen molar-refractivity contribution < 1.29 is 4.79 Å². The quantitative estimate of drug-likeness (QED) is 0.861. The molecule has 0 radical (unpaired) electrons. The molecule has 1 heterocycles. The lowest BCUT2D eigenvalue weighted by Gasteiger charge is -2.17. The van der Waals surface area contributed by atoms with Crippen molar-refractivity contribution in [1.82, 2.24) is 10.3 Å². The van der Waals surface area contributed by atoms with Gasteiger partial charge in [-0.25, -0.2) is 4.98 Å².